The molecule has 0 aliphatic carbocycles. The molecule has 26 heavy (non-hydrogen) atoms. The van der Waals surface area contributed by atoms with E-state index in [0.29, 0.717) is 5.25 Å². The first-order valence-electron chi connectivity index (χ1n) is 9.02. The van der Waals surface area contributed by atoms with Crippen molar-refractivity contribution in [2.75, 3.05) is 0 Å². The van der Waals surface area contributed by atoms with Gasteiger partial charge in [-0.2, -0.15) is 0 Å². The molecule has 1 unspecified atom stereocenters. The van der Waals surface area contributed by atoms with Gasteiger partial charge in [0.2, 0.25) is 0 Å². The summed E-state index contributed by atoms with van der Waals surface area (Å²) < 4.78 is 2.17. The van der Waals surface area contributed by atoms with E-state index in [2.05, 4.69) is 83.2 Å². The van der Waals surface area contributed by atoms with Crippen LogP contribution in [0.1, 0.15) is 23.3 Å². The highest BCUT2D eigenvalue weighted by molar-refractivity contribution is 7.99. The molecule has 3 aromatic carbocycles. The van der Waals surface area contributed by atoms with Crippen LogP contribution in [0.2, 0.25) is 0 Å². The molecule has 0 aliphatic rings. The summed E-state index contributed by atoms with van der Waals surface area (Å²) in [7, 11) is 0. The number of fused-ring (bicyclic) bond motifs is 1. The maximum atomic E-state index is 4.22. The fourth-order valence-corrected chi connectivity index (χ4v) is 4.60. The highest BCUT2D eigenvalue weighted by Gasteiger charge is 2.17. The smallest absolute Gasteiger partial charge is 0.0946 e. The molecule has 0 N–H and O–H groups in total. The first-order valence-corrected chi connectivity index (χ1v) is 9.90. The monoisotopic (exact) mass is 358 g/mol. The van der Waals surface area contributed by atoms with E-state index in [4.69, 9.17) is 0 Å². The third-order valence-electron chi connectivity index (χ3n) is 4.69. The van der Waals surface area contributed by atoms with Gasteiger partial charge in [-0.3, -0.25) is 0 Å². The maximum absolute atomic E-state index is 4.22. The summed E-state index contributed by atoms with van der Waals surface area (Å²) in [6.07, 6.45) is 6.86. The van der Waals surface area contributed by atoms with E-state index in [1.165, 1.54) is 26.8 Å². The standard InChI is InChI=1S/C23H22N2S/c1-2-18-7-5-10-20(15-18)26-23(16-25-14-13-24-17-25)22-12-6-9-19-8-3-4-11-21(19)22/h3-15,17,23H,2,16H2,1H3. The second kappa shape index (κ2) is 7.79. The van der Waals surface area contributed by atoms with E-state index in [-0.39, 0.29) is 0 Å². The van der Waals surface area contributed by atoms with Crippen molar-refractivity contribution in [3.63, 3.8) is 0 Å². The molecule has 1 heterocycles. The first-order chi connectivity index (χ1) is 12.8. The molecule has 4 rings (SSSR count). The Morgan fingerprint density at radius 2 is 1.85 bits per heavy atom. The molecule has 0 amide bonds. The van der Waals surface area contributed by atoms with Crippen LogP contribution in [0.25, 0.3) is 10.8 Å². The number of aromatic nitrogens is 2. The zero-order chi connectivity index (χ0) is 17.8. The topological polar surface area (TPSA) is 17.8 Å². The molecular formula is C23H22N2S. The van der Waals surface area contributed by atoms with E-state index in [0.717, 1.165) is 13.0 Å². The van der Waals surface area contributed by atoms with Crippen molar-refractivity contribution in [1.82, 2.24) is 9.55 Å². The molecule has 1 aromatic heterocycles. The molecule has 0 fully saturated rings. The second-order valence-corrected chi connectivity index (χ2v) is 7.71. The Kier molecular flexibility index (Phi) is 5.07. The van der Waals surface area contributed by atoms with Crippen LogP contribution >= 0.6 is 11.8 Å². The van der Waals surface area contributed by atoms with Crippen molar-refractivity contribution in [1.29, 1.82) is 0 Å². The Labute approximate surface area is 158 Å². The van der Waals surface area contributed by atoms with Crippen LogP contribution in [0.5, 0.6) is 0 Å². The molecule has 0 bridgehead atoms. The summed E-state index contributed by atoms with van der Waals surface area (Å²) in [6, 6.07) is 24.2. The van der Waals surface area contributed by atoms with E-state index >= 15 is 0 Å². The zero-order valence-electron chi connectivity index (χ0n) is 14.9. The van der Waals surface area contributed by atoms with Gasteiger partial charge >= 0.3 is 0 Å². The Bertz CT molecular complexity index is 987. The van der Waals surface area contributed by atoms with Crippen LogP contribution in [0.3, 0.4) is 0 Å². The lowest BCUT2D eigenvalue weighted by atomic mass is 10.0. The van der Waals surface area contributed by atoms with Gasteiger partial charge < -0.3 is 4.57 Å². The Balaban J connectivity index is 1.74. The predicted octanol–water partition coefficient (Wildman–Crippen LogP) is 6.13. The van der Waals surface area contributed by atoms with Crippen LogP contribution in [0.15, 0.2) is 90.3 Å². The highest BCUT2D eigenvalue weighted by atomic mass is 32.2. The van der Waals surface area contributed by atoms with Crippen LogP contribution in [-0.2, 0) is 13.0 Å². The van der Waals surface area contributed by atoms with Crippen molar-refractivity contribution in [3.05, 3.63) is 96.6 Å². The van der Waals surface area contributed by atoms with Gasteiger partial charge in [0.25, 0.3) is 0 Å². The van der Waals surface area contributed by atoms with Crippen molar-refractivity contribution in [2.24, 2.45) is 0 Å². The summed E-state index contributed by atoms with van der Waals surface area (Å²) in [5.41, 5.74) is 2.76. The van der Waals surface area contributed by atoms with E-state index in [1.807, 2.05) is 30.5 Å². The summed E-state index contributed by atoms with van der Waals surface area (Å²) in [5, 5.41) is 2.95. The fourth-order valence-electron chi connectivity index (χ4n) is 3.32. The first kappa shape index (κ1) is 16.9. The van der Waals surface area contributed by atoms with Gasteiger partial charge in [-0.1, -0.05) is 61.5 Å². The molecule has 0 radical (unpaired) electrons. The lowest BCUT2D eigenvalue weighted by molar-refractivity contribution is 0.686. The average Bonchev–Trinajstić information content (AvgIpc) is 3.20. The molecule has 0 aliphatic heterocycles. The number of thioether (sulfide) groups is 1. The van der Waals surface area contributed by atoms with Crippen LogP contribution in [0.4, 0.5) is 0 Å². The Morgan fingerprint density at radius 1 is 1.00 bits per heavy atom. The van der Waals surface area contributed by atoms with E-state index in [9.17, 15) is 0 Å². The Morgan fingerprint density at radius 3 is 2.69 bits per heavy atom. The Hall–Kier alpha value is -2.52. The third kappa shape index (κ3) is 3.68. The lowest BCUT2D eigenvalue weighted by Crippen LogP contribution is -2.05. The van der Waals surface area contributed by atoms with Gasteiger partial charge in [0.05, 0.1) is 11.6 Å². The van der Waals surface area contributed by atoms with E-state index < -0.39 is 0 Å². The van der Waals surface area contributed by atoms with Crippen molar-refractivity contribution in [3.8, 4) is 0 Å². The number of rotatable bonds is 6. The number of benzene rings is 3. The number of hydrogen-bond donors (Lipinski definition) is 0. The number of hydrogen-bond acceptors (Lipinski definition) is 2. The molecule has 3 heteroatoms. The summed E-state index contributed by atoms with van der Waals surface area (Å²) in [4.78, 5) is 5.54. The maximum Gasteiger partial charge on any atom is 0.0946 e. The SMILES string of the molecule is CCc1cccc(SC(Cn2ccnc2)c2cccc3ccccc23)c1. The quantitative estimate of drug-likeness (QED) is 0.386. The van der Waals surface area contributed by atoms with Crippen molar-refractivity contribution in [2.45, 2.75) is 30.0 Å². The molecular weight excluding hydrogens is 336 g/mol. The average molecular weight is 359 g/mol. The molecule has 0 spiro atoms. The van der Waals surface area contributed by atoms with Gasteiger partial charge in [-0.15, -0.1) is 11.8 Å². The summed E-state index contributed by atoms with van der Waals surface area (Å²) >= 11 is 1.94. The van der Waals surface area contributed by atoms with Crippen molar-refractivity contribution < 1.29 is 0 Å². The predicted molar refractivity (Wildman–Crippen MR) is 111 cm³/mol. The van der Waals surface area contributed by atoms with Crippen LogP contribution in [-0.4, -0.2) is 9.55 Å². The normalized spacial score (nSPS) is 12.3. The zero-order valence-corrected chi connectivity index (χ0v) is 15.7. The van der Waals surface area contributed by atoms with Gasteiger partial charge in [0, 0.05) is 23.8 Å². The molecule has 0 saturated carbocycles. The fraction of sp³-hybridized carbons (Fsp3) is 0.174. The van der Waals surface area contributed by atoms with Crippen molar-refractivity contribution >= 4 is 22.5 Å². The van der Waals surface area contributed by atoms with Gasteiger partial charge in [0.1, 0.15) is 0 Å². The number of nitrogens with zero attached hydrogens (tertiary/aromatic N) is 2. The van der Waals surface area contributed by atoms with Crippen LogP contribution in [0, 0.1) is 0 Å². The molecule has 130 valence electrons. The minimum absolute atomic E-state index is 0.322. The lowest BCUT2D eigenvalue weighted by Gasteiger charge is -2.20. The van der Waals surface area contributed by atoms with E-state index in [1.54, 1.807) is 0 Å². The number of imidazole rings is 1. The largest absolute Gasteiger partial charge is 0.336 e. The summed E-state index contributed by atoms with van der Waals surface area (Å²) in [5.74, 6) is 0. The minimum atomic E-state index is 0.322. The number of aryl methyl sites for hydroxylation is 1. The highest BCUT2D eigenvalue weighted by Crippen LogP contribution is 2.39. The molecule has 0 saturated heterocycles. The molecule has 4 aromatic rings. The molecule has 2 nitrogen and oxygen atoms in total. The second-order valence-electron chi connectivity index (χ2n) is 6.44. The minimum Gasteiger partial charge on any atom is -0.336 e. The van der Waals surface area contributed by atoms with Gasteiger partial charge in [0.15, 0.2) is 0 Å². The van der Waals surface area contributed by atoms with Gasteiger partial charge in [-0.05, 0) is 40.5 Å². The van der Waals surface area contributed by atoms with Crippen LogP contribution < -0.4 is 0 Å². The summed E-state index contributed by atoms with van der Waals surface area (Å²) in [6.45, 7) is 3.10. The molecule has 1 atom stereocenters. The van der Waals surface area contributed by atoms with Gasteiger partial charge in [-0.25, -0.2) is 4.98 Å². The third-order valence-corrected chi connectivity index (χ3v) is 5.90.